The van der Waals surface area contributed by atoms with E-state index in [0.29, 0.717) is 17.9 Å². The SMILES string of the molecule is CCCn1c(N)c(C(=O)COC(=O)c2ccc(OC(C)C)c(OC)c2)c(=O)[nH]c1=O. The number of hydrogen-bond acceptors (Lipinski definition) is 8. The molecule has 0 atom stereocenters. The maximum Gasteiger partial charge on any atom is 0.338 e. The lowest BCUT2D eigenvalue weighted by molar-refractivity contribution is 0.0474. The fourth-order valence-corrected chi connectivity index (χ4v) is 2.74. The van der Waals surface area contributed by atoms with Crippen LogP contribution in [0.2, 0.25) is 0 Å². The summed E-state index contributed by atoms with van der Waals surface area (Å²) in [6.07, 6.45) is 0.478. The zero-order chi connectivity index (χ0) is 22.4. The number of ether oxygens (including phenoxy) is 3. The lowest BCUT2D eigenvalue weighted by Crippen LogP contribution is -2.37. The van der Waals surface area contributed by atoms with Gasteiger partial charge in [0.15, 0.2) is 18.1 Å². The third-order valence-electron chi connectivity index (χ3n) is 4.06. The van der Waals surface area contributed by atoms with Crippen LogP contribution in [0, 0.1) is 0 Å². The Balaban J connectivity index is 2.19. The molecule has 10 heteroatoms. The molecule has 30 heavy (non-hydrogen) atoms. The average molecular weight is 419 g/mol. The summed E-state index contributed by atoms with van der Waals surface area (Å²) in [5.74, 6) is -1.09. The zero-order valence-electron chi connectivity index (χ0n) is 17.3. The molecule has 0 saturated heterocycles. The van der Waals surface area contributed by atoms with Crippen LogP contribution in [0.5, 0.6) is 11.5 Å². The maximum atomic E-state index is 12.5. The Morgan fingerprint density at radius 3 is 2.50 bits per heavy atom. The largest absolute Gasteiger partial charge is 0.493 e. The van der Waals surface area contributed by atoms with E-state index in [0.717, 1.165) is 4.57 Å². The Bertz CT molecular complexity index is 1050. The van der Waals surface area contributed by atoms with E-state index in [1.54, 1.807) is 6.07 Å². The summed E-state index contributed by atoms with van der Waals surface area (Å²) in [5, 5.41) is 0. The summed E-state index contributed by atoms with van der Waals surface area (Å²) < 4.78 is 16.9. The number of nitrogens with zero attached hydrogens (tertiary/aromatic N) is 1. The lowest BCUT2D eigenvalue weighted by Gasteiger charge is -2.14. The maximum absolute atomic E-state index is 12.5. The first-order valence-electron chi connectivity index (χ1n) is 9.37. The van der Waals surface area contributed by atoms with E-state index in [-0.39, 0.29) is 24.0 Å². The minimum Gasteiger partial charge on any atom is -0.493 e. The molecule has 10 nitrogen and oxygen atoms in total. The molecular formula is C20H25N3O7. The number of nitrogens with one attached hydrogen (secondary N) is 1. The van der Waals surface area contributed by atoms with Crippen molar-refractivity contribution in [3.05, 3.63) is 50.2 Å². The Morgan fingerprint density at radius 1 is 1.20 bits per heavy atom. The van der Waals surface area contributed by atoms with E-state index in [4.69, 9.17) is 19.9 Å². The summed E-state index contributed by atoms with van der Waals surface area (Å²) in [6, 6.07) is 4.45. The first-order valence-corrected chi connectivity index (χ1v) is 9.37. The summed E-state index contributed by atoms with van der Waals surface area (Å²) in [5.41, 5.74) is 3.91. The molecule has 0 radical (unpaired) electrons. The van der Waals surface area contributed by atoms with Crippen LogP contribution in [0.3, 0.4) is 0 Å². The van der Waals surface area contributed by atoms with Gasteiger partial charge in [-0.3, -0.25) is 19.1 Å². The number of rotatable bonds is 9. The van der Waals surface area contributed by atoms with Crippen molar-refractivity contribution in [2.75, 3.05) is 19.5 Å². The number of nitrogens with two attached hydrogens (primary N) is 1. The molecule has 162 valence electrons. The van der Waals surface area contributed by atoms with Gasteiger partial charge < -0.3 is 19.9 Å². The van der Waals surface area contributed by atoms with Crippen LogP contribution in [-0.2, 0) is 11.3 Å². The third-order valence-corrected chi connectivity index (χ3v) is 4.06. The van der Waals surface area contributed by atoms with Crippen LogP contribution in [-0.4, -0.2) is 41.1 Å². The van der Waals surface area contributed by atoms with Crippen molar-refractivity contribution in [2.24, 2.45) is 0 Å². The first-order chi connectivity index (χ1) is 14.2. The second kappa shape index (κ2) is 9.77. The van der Waals surface area contributed by atoms with E-state index in [1.807, 2.05) is 20.8 Å². The third kappa shape index (κ3) is 5.07. The van der Waals surface area contributed by atoms with E-state index in [9.17, 15) is 19.2 Å². The van der Waals surface area contributed by atoms with Gasteiger partial charge in [0.05, 0.1) is 18.8 Å². The predicted octanol–water partition coefficient (Wildman–Crippen LogP) is 1.36. The predicted molar refractivity (Wildman–Crippen MR) is 109 cm³/mol. The molecule has 2 rings (SSSR count). The molecule has 0 unspecified atom stereocenters. The highest BCUT2D eigenvalue weighted by Crippen LogP contribution is 2.29. The summed E-state index contributed by atoms with van der Waals surface area (Å²) in [7, 11) is 1.43. The van der Waals surface area contributed by atoms with Crippen LogP contribution >= 0.6 is 0 Å². The molecule has 1 aromatic carbocycles. The van der Waals surface area contributed by atoms with Gasteiger partial charge in [0.25, 0.3) is 5.56 Å². The second-order valence-electron chi connectivity index (χ2n) is 6.70. The Labute approximate surface area is 172 Å². The zero-order valence-corrected chi connectivity index (χ0v) is 17.3. The van der Waals surface area contributed by atoms with Crippen LogP contribution in [0.1, 0.15) is 47.9 Å². The first kappa shape index (κ1) is 22.7. The number of anilines is 1. The second-order valence-corrected chi connectivity index (χ2v) is 6.70. The minimum atomic E-state index is -0.928. The number of carbonyl (C=O) groups excluding carboxylic acids is 2. The minimum absolute atomic E-state index is 0.0890. The normalized spacial score (nSPS) is 10.7. The number of nitrogen functional groups attached to an aromatic ring is 1. The van der Waals surface area contributed by atoms with Gasteiger partial charge in [-0.05, 0) is 38.5 Å². The molecule has 0 spiro atoms. The van der Waals surface area contributed by atoms with Gasteiger partial charge in [0.2, 0.25) is 5.78 Å². The number of carbonyl (C=O) groups is 2. The fourth-order valence-electron chi connectivity index (χ4n) is 2.74. The van der Waals surface area contributed by atoms with Crippen molar-refractivity contribution < 1.29 is 23.8 Å². The standard InChI is InChI=1S/C20H25N3O7/c1-5-8-23-17(21)16(18(25)22-20(23)27)13(24)10-29-19(26)12-6-7-14(30-11(2)3)15(9-12)28-4/h6-7,9,11H,5,8,10,21H2,1-4H3,(H,22,25,27). The van der Waals surface area contributed by atoms with Crippen LogP contribution in [0.15, 0.2) is 27.8 Å². The van der Waals surface area contributed by atoms with Crippen molar-refractivity contribution in [3.63, 3.8) is 0 Å². The highest BCUT2D eigenvalue weighted by molar-refractivity contribution is 6.02. The van der Waals surface area contributed by atoms with Gasteiger partial charge in [-0.1, -0.05) is 6.92 Å². The average Bonchev–Trinajstić information content (AvgIpc) is 2.69. The molecule has 0 aliphatic heterocycles. The van der Waals surface area contributed by atoms with Gasteiger partial charge >= 0.3 is 11.7 Å². The fraction of sp³-hybridized carbons (Fsp3) is 0.400. The molecule has 2 aromatic rings. The van der Waals surface area contributed by atoms with Gasteiger partial charge in [-0.2, -0.15) is 0 Å². The molecule has 0 aliphatic carbocycles. The molecule has 3 N–H and O–H groups in total. The van der Waals surface area contributed by atoms with E-state index >= 15 is 0 Å². The van der Waals surface area contributed by atoms with E-state index in [1.165, 1.54) is 19.2 Å². The molecule has 0 saturated carbocycles. The summed E-state index contributed by atoms with van der Waals surface area (Å²) in [4.78, 5) is 50.7. The number of methoxy groups -OCH3 is 1. The Morgan fingerprint density at radius 2 is 1.90 bits per heavy atom. The molecule has 0 amide bonds. The molecule has 0 bridgehead atoms. The molecule has 0 fully saturated rings. The molecule has 1 heterocycles. The quantitative estimate of drug-likeness (QED) is 0.458. The number of aromatic nitrogens is 2. The van der Waals surface area contributed by atoms with Crippen molar-refractivity contribution in [3.8, 4) is 11.5 Å². The van der Waals surface area contributed by atoms with Crippen LogP contribution < -0.4 is 26.5 Å². The highest BCUT2D eigenvalue weighted by Gasteiger charge is 2.21. The number of Topliss-reactive ketones (excluding diaryl/α,β-unsaturated/α-hetero) is 1. The summed E-state index contributed by atoms with van der Waals surface area (Å²) >= 11 is 0. The lowest BCUT2D eigenvalue weighted by atomic mass is 10.2. The number of aromatic amines is 1. The van der Waals surface area contributed by atoms with Crippen molar-refractivity contribution in [2.45, 2.75) is 39.8 Å². The number of ketones is 1. The van der Waals surface area contributed by atoms with Crippen molar-refractivity contribution in [1.29, 1.82) is 0 Å². The topological polar surface area (TPSA) is 143 Å². The Kier molecular flexibility index (Phi) is 7.40. The molecule has 0 aliphatic rings. The number of esters is 1. The number of H-pyrrole nitrogens is 1. The van der Waals surface area contributed by atoms with Gasteiger partial charge in [-0.15, -0.1) is 0 Å². The monoisotopic (exact) mass is 419 g/mol. The Hall–Kier alpha value is -3.56. The molecule has 1 aromatic heterocycles. The smallest absolute Gasteiger partial charge is 0.338 e. The van der Waals surface area contributed by atoms with Gasteiger partial charge in [0, 0.05) is 6.54 Å². The number of benzene rings is 1. The van der Waals surface area contributed by atoms with Gasteiger partial charge in [0.1, 0.15) is 11.4 Å². The summed E-state index contributed by atoms with van der Waals surface area (Å²) in [6.45, 7) is 5.02. The van der Waals surface area contributed by atoms with E-state index in [2.05, 4.69) is 4.98 Å². The van der Waals surface area contributed by atoms with Gasteiger partial charge in [-0.25, -0.2) is 9.59 Å². The molecular weight excluding hydrogens is 394 g/mol. The van der Waals surface area contributed by atoms with Crippen molar-refractivity contribution >= 4 is 17.6 Å². The highest BCUT2D eigenvalue weighted by atomic mass is 16.5. The number of hydrogen-bond donors (Lipinski definition) is 2. The van der Waals surface area contributed by atoms with Crippen LogP contribution in [0.4, 0.5) is 5.82 Å². The van der Waals surface area contributed by atoms with Crippen LogP contribution in [0.25, 0.3) is 0 Å². The van der Waals surface area contributed by atoms with E-state index < -0.39 is 35.2 Å². The van der Waals surface area contributed by atoms with Crippen molar-refractivity contribution in [1.82, 2.24) is 9.55 Å².